The molecule has 4 nitrogen and oxygen atoms in total. The number of carbonyl (C=O) groups excluding carboxylic acids is 1. The maximum absolute atomic E-state index is 12.2. The molecule has 1 atom stereocenters. The second kappa shape index (κ2) is 7.79. The first kappa shape index (κ1) is 17.0. The summed E-state index contributed by atoms with van der Waals surface area (Å²) in [6.45, 7) is 0.609. The van der Waals surface area contributed by atoms with Crippen LogP contribution in [0, 0.1) is 0 Å². The van der Waals surface area contributed by atoms with Crippen LogP contribution in [0.2, 0.25) is 0 Å². The summed E-state index contributed by atoms with van der Waals surface area (Å²) in [7, 11) is 8.28. The number of benzene rings is 2. The first-order valence-corrected chi connectivity index (χ1v) is 7.89. The van der Waals surface area contributed by atoms with Gasteiger partial charge in [0.1, 0.15) is 6.04 Å². The molecular weight excluding hydrogens is 286 g/mol. The summed E-state index contributed by atoms with van der Waals surface area (Å²) in [5.41, 5.74) is 3.10. The average molecular weight is 312 g/mol. The van der Waals surface area contributed by atoms with Crippen LogP contribution in [0.3, 0.4) is 0 Å². The number of hydrogen-bond acceptors (Lipinski definition) is 2. The number of rotatable bonds is 6. The van der Waals surface area contributed by atoms with E-state index in [9.17, 15) is 4.79 Å². The summed E-state index contributed by atoms with van der Waals surface area (Å²) in [4.78, 5) is 15.6. The highest BCUT2D eigenvalue weighted by atomic mass is 16.1. The maximum Gasteiger partial charge on any atom is 0.251 e. The summed E-state index contributed by atoms with van der Waals surface area (Å²) in [5, 5.41) is 3.05. The summed E-state index contributed by atoms with van der Waals surface area (Å²) in [5.74, 6) is -0.0261. The molecule has 2 aromatic carbocycles. The highest BCUT2D eigenvalue weighted by Crippen LogP contribution is 2.16. The zero-order valence-electron chi connectivity index (χ0n) is 14.3. The predicted octanol–water partition coefficient (Wildman–Crippen LogP) is 1.37. The zero-order chi connectivity index (χ0) is 16.8. The number of nitrogens with zero attached hydrogens (tertiary/aromatic N) is 1. The van der Waals surface area contributed by atoms with Crippen LogP contribution in [-0.4, -0.2) is 40.6 Å². The largest absolute Gasteiger partial charge is 0.378 e. The average Bonchev–Trinajstić information content (AvgIpc) is 2.55. The molecule has 0 aliphatic rings. The Morgan fingerprint density at radius 3 is 2.17 bits per heavy atom. The Hall–Kier alpha value is -2.33. The van der Waals surface area contributed by atoms with E-state index in [-0.39, 0.29) is 11.9 Å². The molecule has 0 fully saturated rings. The van der Waals surface area contributed by atoms with E-state index < -0.39 is 0 Å². The van der Waals surface area contributed by atoms with Crippen molar-refractivity contribution < 1.29 is 9.69 Å². The molecule has 0 heterocycles. The summed E-state index contributed by atoms with van der Waals surface area (Å²) < 4.78 is 0. The van der Waals surface area contributed by atoms with Crippen molar-refractivity contribution in [2.24, 2.45) is 0 Å². The lowest BCUT2D eigenvalue weighted by molar-refractivity contribution is -0.890. The van der Waals surface area contributed by atoms with Crippen molar-refractivity contribution in [3.05, 3.63) is 65.7 Å². The first-order valence-electron chi connectivity index (χ1n) is 7.89. The van der Waals surface area contributed by atoms with E-state index >= 15 is 0 Å². The molecule has 23 heavy (non-hydrogen) atoms. The Labute approximate surface area is 138 Å². The monoisotopic (exact) mass is 312 g/mol. The summed E-state index contributed by atoms with van der Waals surface area (Å²) >= 11 is 0. The number of amides is 1. The molecule has 2 aromatic rings. The van der Waals surface area contributed by atoms with Crippen molar-refractivity contribution in [2.45, 2.75) is 6.04 Å². The van der Waals surface area contributed by atoms with Crippen molar-refractivity contribution in [1.29, 1.82) is 0 Å². The smallest absolute Gasteiger partial charge is 0.251 e. The van der Waals surface area contributed by atoms with Gasteiger partial charge >= 0.3 is 0 Å². The Balaban J connectivity index is 2.05. The molecule has 122 valence electrons. The second-order valence-corrected chi connectivity index (χ2v) is 6.19. The molecule has 0 saturated heterocycles. The fraction of sp³-hybridized carbons (Fsp3) is 0.316. The molecule has 4 heteroatoms. The Bertz CT molecular complexity index is 621. The molecule has 2 rings (SSSR count). The van der Waals surface area contributed by atoms with Crippen LogP contribution in [-0.2, 0) is 0 Å². The van der Waals surface area contributed by atoms with Crippen LogP contribution < -0.4 is 15.1 Å². The van der Waals surface area contributed by atoms with Gasteiger partial charge in [0, 0.05) is 30.9 Å². The van der Waals surface area contributed by atoms with Gasteiger partial charge in [-0.15, -0.1) is 0 Å². The third-order valence-electron chi connectivity index (χ3n) is 4.01. The van der Waals surface area contributed by atoms with Gasteiger partial charge in [0.25, 0.3) is 5.91 Å². The van der Waals surface area contributed by atoms with Gasteiger partial charge in [-0.3, -0.25) is 4.79 Å². The van der Waals surface area contributed by atoms with Crippen molar-refractivity contribution in [1.82, 2.24) is 5.32 Å². The van der Waals surface area contributed by atoms with Crippen LogP contribution in [0.4, 0.5) is 5.69 Å². The van der Waals surface area contributed by atoms with E-state index in [0.717, 1.165) is 0 Å². The SMILES string of the molecule is CN(C)c1ccc([C@@H](CNC(=O)c2ccccc2)[NH+](C)C)cc1. The number of hydrogen-bond donors (Lipinski definition) is 2. The van der Waals surface area contributed by atoms with E-state index in [4.69, 9.17) is 0 Å². The minimum atomic E-state index is -0.0261. The molecule has 0 bridgehead atoms. The number of anilines is 1. The van der Waals surface area contributed by atoms with Crippen LogP contribution in [0.1, 0.15) is 22.0 Å². The van der Waals surface area contributed by atoms with Crippen molar-refractivity contribution in [2.75, 3.05) is 39.6 Å². The highest BCUT2D eigenvalue weighted by molar-refractivity contribution is 5.94. The normalized spacial score (nSPS) is 12.0. The summed E-state index contributed by atoms with van der Waals surface area (Å²) in [6, 6.07) is 18.1. The fourth-order valence-corrected chi connectivity index (χ4v) is 2.55. The standard InChI is InChI=1S/C19H25N3O/c1-21(2)17-12-10-15(11-13-17)18(22(3)4)14-20-19(23)16-8-6-5-7-9-16/h5-13,18H,14H2,1-4H3,(H,20,23)/p+1/t18-/m1/s1. The molecule has 0 unspecified atom stereocenters. The Morgan fingerprint density at radius 1 is 1.04 bits per heavy atom. The van der Waals surface area contributed by atoms with Crippen molar-refractivity contribution in [3.8, 4) is 0 Å². The number of carbonyl (C=O) groups is 1. The third kappa shape index (κ3) is 4.57. The highest BCUT2D eigenvalue weighted by Gasteiger charge is 2.19. The van der Waals surface area contributed by atoms with Crippen molar-refractivity contribution in [3.63, 3.8) is 0 Å². The van der Waals surface area contributed by atoms with Gasteiger partial charge in [-0.05, 0) is 24.3 Å². The van der Waals surface area contributed by atoms with Crippen molar-refractivity contribution >= 4 is 11.6 Å². The molecular formula is C19H26N3O+. The Morgan fingerprint density at radius 2 is 1.65 bits per heavy atom. The quantitative estimate of drug-likeness (QED) is 0.845. The molecule has 1 amide bonds. The van der Waals surface area contributed by atoms with Gasteiger partial charge in [0.2, 0.25) is 0 Å². The van der Waals surface area contributed by atoms with Crippen LogP contribution in [0.15, 0.2) is 54.6 Å². The lowest BCUT2D eigenvalue weighted by Gasteiger charge is -2.23. The minimum Gasteiger partial charge on any atom is -0.378 e. The van der Waals surface area contributed by atoms with Crippen LogP contribution >= 0.6 is 0 Å². The molecule has 2 N–H and O–H groups in total. The van der Waals surface area contributed by atoms with Gasteiger partial charge in [-0.2, -0.15) is 0 Å². The molecule has 0 saturated carbocycles. The molecule has 0 aliphatic heterocycles. The van der Waals surface area contributed by atoms with Gasteiger partial charge in [0.15, 0.2) is 0 Å². The molecule has 0 aromatic heterocycles. The molecule has 0 spiro atoms. The van der Waals surface area contributed by atoms with Gasteiger partial charge in [-0.1, -0.05) is 30.3 Å². The third-order valence-corrected chi connectivity index (χ3v) is 4.01. The maximum atomic E-state index is 12.2. The van der Waals surface area contributed by atoms with E-state index in [2.05, 4.69) is 48.6 Å². The molecule has 0 radical (unpaired) electrons. The van der Waals surface area contributed by atoms with Gasteiger partial charge in [0.05, 0.1) is 20.6 Å². The first-order chi connectivity index (χ1) is 11.0. The summed E-state index contributed by atoms with van der Waals surface area (Å²) in [6.07, 6.45) is 0. The molecule has 0 aliphatic carbocycles. The zero-order valence-corrected chi connectivity index (χ0v) is 14.3. The minimum absolute atomic E-state index is 0.0261. The van der Waals surface area contributed by atoms with Crippen LogP contribution in [0.25, 0.3) is 0 Å². The van der Waals surface area contributed by atoms with E-state index in [1.807, 2.05) is 44.4 Å². The van der Waals surface area contributed by atoms with E-state index in [1.54, 1.807) is 0 Å². The van der Waals surface area contributed by atoms with E-state index in [0.29, 0.717) is 12.1 Å². The Kier molecular flexibility index (Phi) is 5.77. The van der Waals surface area contributed by atoms with Crippen LogP contribution in [0.5, 0.6) is 0 Å². The number of likely N-dealkylation sites (N-methyl/N-ethyl adjacent to an activating group) is 1. The topological polar surface area (TPSA) is 36.8 Å². The van der Waals surface area contributed by atoms with Gasteiger partial charge in [-0.25, -0.2) is 0 Å². The lowest BCUT2D eigenvalue weighted by atomic mass is 10.0. The van der Waals surface area contributed by atoms with Gasteiger partial charge < -0.3 is 15.1 Å². The number of quaternary nitrogens is 1. The predicted molar refractivity (Wildman–Crippen MR) is 95.1 cm³/mol. The lowest BCUT2D eigenvalue weighted by Crippen LogP contribution is -3.07. The fourth-order valence-electron chi connectivity index (χ4n) is 2.55. The van der Waals surface area contributed by atoms with E-state index in [1.165, 1.54) is 16.2 Å². The number of nitrogens with one attached hydrogen (secondary N) is 2. The second-order valence-electron chi connectivity index (χ2n) is 6.19.